The predicted octanol–water partition coefficient (Wildman–Crippen LogP) is 5.51. The molecule has 9 rings (SSSR count). The van der Waals surface area contributed by atoms with Gasteiger partial charge in [0.15, 0.2) is 0 Å². The van der Waals surface area contributed by atoms with Crippen molar-refractivity contribution in [2.75, 3.05) is 4.90 Å². The summed E-state index contributed by atoms with van der Waals surface area (Å²) in [6.07, 6.45) is 1.62. The Kier molecular flexibility index (Phi) is 5.40. The summed E-state index contributed by atoms with van der Waals surface area (Å²) in [7, 11) is 0. The fourth-order valence-electron chi connectivity index (χ4n) is 7.61. The molecule has 1 fully saturated rings. The lowest BCUT2D eigenvalue weighted by atomic mass is 9.47. The molecule has 2 atom stereocenters. The van der Waals surface area contributed by atoms with Crippen LogP contribution in [0, 0.1) is 11.8 Å². The van der Waals surface area contributed by atoms with Crippen molar-refractivity contribution in [3.8, 4) is 5.75 Å². The van der Waals surface area contributed by atoms with Crippen LogP contribution in [0.25, 0.3) is 10.8 Å². The molecule has 0 saturated carbocycles. The third-order valence-electron chi connectivity index (χ3n) is 9.27. The number of aromatic hydroxyl groups is 1. The number of hydrogen-bond donors (Lipinski definition) is 2. The van der Waals surface area contributed by atoms with E-state index in [9.17, 15) is 19.5 Å². The lowest BCUT2D eigenvalue weighted by Crippen LogP contribution is -2.54. The first-order valence-electron chi connectivity index (χ1n) is 14.2. The van der Waals surface area contributed by atoms with Gasteiger partial charge in [-0.1, -0.05) is 97.1 Å². The van der Waals surface area contributed by atoms with Gasteiger partial charge in [-0.3, -0.25) is 14.4 Å². The quantitative estimate of drug-likeness (QED) is 0.171. The molecular formula is C36H25N3O4. The summed E-state index contributed by atoms with van der Waals surface area (Å²) in [5.41, 5.74) is 5.81. The Morgan fingerprint density at radius 3 is 2.14 bits per heavy atom. The third-order valence-corrected chi connectivity index (χ3v) is 9.27. The van der Waals surface area contributed by atoms with E-state index in [1.807, 2.05) is 91.0 Å². The number of phenols is 1. The molecule has 3 aliphatic carbocycles. The van der Waals surface area contributed by atoms with Crippen LogP contribution in [0.1, 0.15) is 38.5 Å². The van der Waals surface area contributed by atoms with Gasteiger partial charge in [-0.05, 0) is 45.8 Å². The largest absolute Gasteiger partial charge is 0.507 e. The number of fused-ring (bicyclic) bond motifs is 1. The minimum Gasteiger partial charge on any atom is -0.507 e. The van der Waals surface area contributed by atoms with E-state index in [1.165, 1.54) is 17.0 Å². The second-order valence-electron chi connectivity index (χ2n) is 11.3. The third kappa shape index (κ3) is 3.36. The number of para-hydroxylation sites is 1. The molecule has 0 spiro atoms. The highest BCUT2D eigenvalue weighted by Crippen LogP contribution is 2.63. The van der Waals surface area contributed by atoms with Gasteiger partial charge in [-0.2, -0.15) is 5.10 Å². The summed E-state index contributed by atoms with van der Waals surface area (Å²) in [5.74, 6) is -3.02. The predicted molar refractivity (Wildman–Crippen MR) is 163 cm³/mol. The summed E-state index contributed by atoms with van der Waals surface area (Å²) in [5, 5.41) is 16.4. The van der Waals surface area contributed by atoms with Gasteiger partial charge in [0.25, 0.3) is 5.91 Å². The number of hydrazone groups is 1. The molecule has 2 N–H and O–H groups in total. The lowest BCUT2D eigenvalue weighted by Gasteiger charge is -2.52. The van der Waals surface area contributed by atoms with Crippen molar-refractivity contribution in [2.45, 2.75) is 11.3 Å². The van der Waals surface area contributed by atoms with Gasteiger partial charge >= 0.3 is 0 Å². The van der Waals surface area contributed by atoms with Gasteiger partial charge in [0.1, 0.15) is 5.75 Å². The Morgan fingerprint density at radius 1 is 0.767 bits per heavy atom. The fraction of sp³-hybridized carbons (Fsp3) is 0.111. The van der Waals surface area contributed by atoms with Gasteiger partial charge in [-0.25, -0.2) is 10.3 Å². The maximum atomic E-state index is 14.7. The zero-order chi connectivity index (χ0) is 29.3. The topological polar surface area (TPSA) is 99.1 Å². The Bertz CT molecular complexity index is 1980. The zero-order valence-electron chi connectivity index (χ0n) is 22.8. The molecular weight excluding hydrogens is 538 g/mol. The van der Waals surface area contributed by atoms with Gasteiger partial charge in [0.05, 0.1) is 28.5 Å². The number of carbonyl (C=O) groups is 3. The van der Waals surface area contributed by atoms with Crippen molar-refractivity contribution < 1.29 is 19.5 Å². The number of nitrogens with one attached hydrogen (secondary N) is 1. The highest BCUT2D eigenvalue weighted by atomic mass is 16.3. The number of anilines is 1. The molecule has 5 aromatic carbocycles. The minimum absolute atomic E-state index is 0.0810. The summed E-state index contributed by atoms with van der Waals surface area (Å²) in [6.45, 7) is 0. The van der Waals surface area contributed by atoms with E-state index in [4.69, 9.17) is 0 Å². The normalized spacial score (nSPS) is 23.3. The van der Waals surface area contributed by atoms with E-state index in [2.05, 4.69) is 10.5 Å². The Balaban J connectivity index is 1.32. The average molecular weight is 564 g/mol. The number of carbonyl (C=O) groups excluding carboxylic acids is 3. The second-order valence-corrected chi connectivity index (χ2v) is 11.3. The first-order valence-corrected chi connectivity index (χ1v) is 14.2. The number of nitrogens with zero attached hydrogens (tertiary/aromatic N) is 2. The molecule has 43 heavy (non-hydrogen) atoms. The van der Waals surface area contributed by atoms with Crippen LogP contribution in [-0.4, -0.2) is 29.0 Å². The van der Waals surface area contributed by atoms with Crippen molar-refractivity contribution in [1.82, 2.24) is 5.43 Å². The molecule has 208 valence electrons. The fourth-order valence-corrected chi connectivity index (χ4v) is 7.61. The van der Waals surface area contributed by atoms with E-state index < -0.39 is 23.2 Å². The first kappa shape index (κ1) is 25.2. The van der Waals surface area contributed by atoms with Crippen LogP contribution < -0.4 is 10.3 Å². The molecule has 0 unspecified atom stereocenters. The van der Waals surface area contributed by atoms with Crippen LogP contribution in [0.5, 0.6) is 5.75 Å². The highest BCUT2D eigenvalue weighted by Gasteiger charge is 2.68. The number of phenolic OH excluding ortho intramolecular Hbond substituents is 1. The number of hydrogen-bond acceptors (Lipinski definition) is 5. The maximum Gasteiger partial charge on any atom is 0.275 e. The molecule has 4 aliphatic rings. The van der Waals surface area contributed by atoms with Gasteiger partial charge in [-0.15, -0.1) is 0 Å². The average Bonchev–Trinajstić information content (AvgIpc) is 3.31. The lowest BCUT2D eigenvalue weighted by molar-refractivity contribution is -0.122. The van der Waals surface area contributed by atoms with Gasteiger partial charge in [0, 0.05) is 17.5 Å². The summed E-state index contributed by atoms with van der Waals surface area (Å²) < 4.78 is 0. The van der Waals surface area contributed by atoms with Crippen molar-refractivity contribution in [1.29, 1.82) is 0 Å². The molecule has 5 aromatic rings. The minimum atomic E-state index is -1.12. The molecule has 0 aromatic heterocycles. The smallest absolute Gasteiger partial charge is 0.275 e. The van der Waals surface area contributed by atoms with E-state index in [1.54, 1.807) is 18.3 Å². The number of imide groups is 1. The van der Waals surface area contributed by atoms with E-state index in [-0.39, 0.29) is 29.0 Å². The van der Waals surface area contributed by atoms with Crippen molar-refractivity contribution in [3.63, 3.8) is 0 Å². The van der Waals surface area contributed by atoms with Crippen LogP contribution in [0.3, 0.4) is 0 Å². The second kappa shape index (κ2) is 9.22. The molecule has 3 amide bonds. The van der Waals surface area contributed by atoms with E-state index in [0.29, 0.717) is 5.69 Å². The number of rotatable bonds is 4. The Labute approximate surface area is 247 Å². The highest BCUT2D eigenvalue weighted by molar-refractivity contribution is 6.27. The van der Waals surface area contributed by atoms with Gasteiger partial charge in [0.2, 0.25) is 11.8 Å². The monoisotopic (exact) mass is 563 g/mol. The van der Waals surface area contributed by atoms with Crippen molar-refractivity contribution in [3.05, 3.63) is 143 Å². The van der Waals surface area contributed by atoms with Crippen LogP contribution in [0.2, 0.25) is 0 Å². The van der Waals surface area contributed by atoms with Crippen LogP contribution in [0.15, 0.2) is 120 Å². The summed E-state index contributed by atoms with van der Waals surface area (Å²) in [4.78, 5) is 43.6. The molecule has 0 radical (unpaired) electrons. The van der Waals surface area contributed by atoms with Crippen LogP contribution in [-0.2, 0) is 15.0 Å². The molecule has 7 heteroatoms. The van der Waals surface area contributed by atoms with E-state index >= 15 is 0 Å². The van der Waals surface area contributed by atoms with Crippen LogP contribution in [0.4, 0.5) is 5.69 Å². The molecule has 7 nitrogen and oxygen atoms in total. The Hall–Kier alpha value is -5.56. The molecule has 2 bridgehead atoms. The van der Waals surface area contributed by atoms with E-state index in [0.717, 1.165) is 33.0 Å². The summed E-state index contributed by atoms with van der Waals surface area (Å²) in [6, 6.07) is 35.4. The van der Waals surface area contributed by atoms with Crippen molar-refractivity contribution in [2.24, 2.45) is 16.9 Å². The SMILES string of the molecule is O=C(N/N=C\C12c3ccccc3C(c3ccccc31)[C@@H]1C(=O)N(c3cccc4ccccc34)C(=O)[C@@H]12)c1ccccc1O. The van der Waals surface area contributed by atoms with Crippen LogP contribution >= 0.6 is 0 Å². The summed E-state index contributed by atoms with van der Waals surface area (Å²) >= 11 is 0. The maximum absolute atomic E-state index is 14.7. The number of amides is 3. The molecule has 1 heterocycles. The standard InChI is InChI=1S/C36H25N3O4/c40-29-19-8-5-15-25(29)33(41)38-37-20-36-26-16-6-3-13-23(26)30(24-14-4-7-17-27(24)36)31-32(36)35(43)39(34(31)42)28-18-9-11-21-10-1-2-12-22(21)28/h1-20,30-32,40H,(H,38,41)/b37-20-/t30?,31-,32+,36?/m0/s1. The zero-order valence-corrected chi connectivity index (χ0v) is 22.8. The molecule has 1 saturated heterocycles. The first-order chi connectivity index (χ1) is 21.0. The number of benzene rings is 5. The van der Waals surface area contributed by atoms with Gasteiger partial charge < -0.3 is 5.11 Å². The Morgan fingerprint density at radius 2 is 1.40 bits per heavy atom. The van der Waals surface area contributed by atoms with Crippen molar-refractivity contribution >= 4 is 40.4 Å². The molecule has 1 aliphatic heterocycles.